The van der Waals surface area contributed by atoms with E-state index in [9.17, 15) is 0 Å². The molecule has 0 radical (unpaired) electrons. The molecule has 6 aromatic heterocycles. The maximum atomic E-state index is 6.60. The first kappa shape index (κ1) is 25.4. The number of rotatable bonds is 4. The van der Waals surface area contributed by atoms with Gasteiger partial charge in [-0.1, -0.05) is 12.1 Å². The zero-order chi connectivity index (χ0) is 27.5. The van der Waals surface area contributed by atoms with E-state index in [1.54, 1.807) is 34.0 Å². The summed E-state index contributed by atoms with van der Waals surface area (Å²) in [6.45, 7) is 5.00. The van der Waals surface area contributed by atoms with Crippen molar-refractivity contribution in [2.24, 2.45) is 0 Å². The monoisotopic (exact) mass is 626 g/mol. The Kier molecular flexibility index (Phi) is 6.30. The lowest BCUT2D eigenvalue weighted by atomic mass is 10.2. The largest absolute Gasteiger partial charge is 0.482 e. The van der Waals surface area contributed by atoms with Gasteiger partial charge in [0.05, 0.1) is 20.8 Å². The third kappa shape index (κ3) is 4.62. The third-order valence-electron chi connectivity index (χ3n) is 6.88. The van der Waals surface area contributed by atoms with Gasteiger partial charge in [-0.25, -0.2) is 9.97 Å². The van der Waals surface area contributed by atoms with Crippen molar-refractivity contribution >= 4 is 67.7 Å². The van der Waals surface area contributed by atoms with Crippen LogP contribution in [0.4, 0.5) is 0 Å². The van der Waals surface area contributed by atoms with E-state index in [0.717, 1.165) is 43.7 Å². The molecule has 1 aliphatic rings. The number of fused-ring (bicyclic) bond motifs is 3. The Labute approximate surface area is 257 Å². The van der Waals surface area contributed by atoms with E-state index < -0.39 is 0 Å². The lowest BCUT2D eigenvalue weighted by Crippen LogP contribution is -2.12. The summed E-state index contributed by atoms with van der Waals surface area (Å²) in [6, 6.07) is 25.6. The molecule has 1 aromatic carbocycles. The van der Waals surface area contributed by atoms with Crippen LogP contribution in [0.2, 0.25) is 0 Å². The van der Waals surface area contributed by atoms with E-state index in [1.165, 1.54) is 39.0 Å². The van der Waals surface area contributed by atoms with Gasteiger partial charge >= 0.3 is 0 Å². The fraction of sp³-hybridized carbons (Fsp3) is 0.125. The van der Waals surface area contributed by atoms with E-state index >= 15 is 0 Å². The van der Waals surface area contributed by atoms with Crippen LogP contribution >= 0.6 is 56.7 Å². The van der Waals surface area contributed by atoms with Gasteiger partial charge in [-0.2, -0.15) is 0 Å². The molecule has 0 amide bonds. The minimum absolute atomic E-state index is 0.346. The van der Waals surface area contributed by atoms with Gasteiger partial charge < -0.3 is 9.47 Å². The Hall–Kier alpha value is -3.34. The smallest absolute Gasteiger partial charge is 0.181 e. The Morgan fingerprint density at radius 2 is 0.902 bits per heavy atom. The molecule has 0 N–H and O–H groups in total. The van der Waals surface area contributed by atoms with E-state index in [2.05, 4.69) is 62.4 Å². The fourth-order valence-electron chi connectivity index (χ4n) is 4.89. The van der Waals surface area contributed by atoms with E-state index in [4.69, 9.17) is 19.4 Å². The average molecular weight is 627 g/mol. The Balaban J connectivity index is 1.24. The third-order valence-corrected chi connectivity index (χ3v) is 13.0. The first-order valence-corrected chi connectivity index (χ1v) is 17.2. The summed E-state index contributed by atoms with van der Waals surface area (Å²) in [5.74, 6) is 1.59. The predicted octanol–water partition coefficient (Wildman–Crippen LogP) is 10.7. The maximum Gasteiger partial charge on any atom is 0.181 e. The predicted molar refractivity (Wildman–Crippen MR) is 175 cm³/mol. The van der Waals surface area contributed by atoms with Gasteiger partial charge in [-0.3, -0.25) is 0 Å². The summed E-state index contributed by atoms with van der Waals surface area (Å²) in [5.41, 5.74) is 3.37. The highest BCUT2D eigenvalue weighted by molar-refractivity contribution is 7.30. The topological polar surface area (TPSA) is 44.2 Å². The number of para-hydroxylation sites is 2. The second kappa shape index (κ2) is 10.2. The molecule has 0 spiro atoms. The van der Waals surface area contributed by atoms with Crippen molar-refractivity contribution in [3.63, 3.8) is 0 Å². The minimum Gasteiger partial charge on any atom is -0.482 e. The van der Waals surface area contributed by atoms with Gasteiger partial charge in [0.2, 0.25) is 0 Å². The van der Waals surface area contributed by atoms with Crippen LogP contribution in [0.25, 0.3) is 50.1 Å². The Bertz CT molecular complexity index is 1910. The Morgan fingerprint density at radius 1 is 0.488 bits per heavy atom. The van der Waals surface area contributed by atoms with E-state index in [-0.39, 0.29) is 0 Å². The zero-order valence-corrected chi connectivity index (χ0v) is 26.2. The molecule has 0 bridgehead atoms. The van der Waals surface area contributed by atoms with Crippen molar-refractivity contribution in [1.82, 2.24) is 9.97 Å². The zero-order valence-electron chi connectivity index (χ0n) is 22.1. The summed E-state index contributed by atoms with van der Waals surface area (Å²) in [7, 11) is 0. The molecule has 0 unspecified atom stereocenters. The molecule has 202 valence electrons. The van der Waals surface area contributed by atoms with E-state index in [1.807, 2.05) is 46.9 Å². The number of aryl methyl sites for hydroxylation is 2. The average Bonchev–Trinajstić information content (AvgIpc) is 3.79. The van der Waals surface area contributed by atoms with Crippen LogP contribution in [0.1, 0.15) is 21.1 Å². The number of nitrogens with zero attached hydrogens (tertiary/aromatic N) is 2. The first-order chi connectivity index (χ1) is 20.1. The molecule has 8 rings (SSSR count). The second-order valence-corrected chi connectivity index (χ2v) is 15.5. The molecule has 0 aliphatic carbocycles. The molecule has 0 saturated heterocycles. The molecule has 1 aliphatic heterocycles. The van der Waals surface area contributed by atoms with Gasteiger partial charge in [-0.15, -0.1) is 56.7 Å². The molecule has 0 fully saturated rings. The molecule has 41 heavy (non-hydrogen) atoms. The number of thiophene rings is 5. The lowest BCUT2D eigenvalue weighted by Gasteiger charge is -2.17. The number of ether oxygens (including phenoxy) is 2. The van der Waals surface area contributed by atoms with Crippen LogP contribution in [0.15, 0.2) is 72.8 Å². The van der Waals surface area contributed by atoms with Crippen molar-refractivity contribution in [2.45, 2.75) is 27.1 Å². The number of benzene rings is 1. The van der Waals surface area contributed by atoms with Crippen molar-refractivity contribution in [3.05, 3.63) is 93.9 Å². The number of hydrogen-bond acceptors (Lipinski definition) is 9. The van der Waals surface area contributed by atoms with Gasteiger partial charge in [0.15, 0.2) is 11.5 Å². The second-order valence-electron chi connectivity index (χ2n) is 9.75. The summed E-state index contributed by atoms with van der Waals surface area (Å²) in [5, 5.41) is 0. The summed E-state index contributed by atoms with van der Waals surface area (Å²) in [4.78, 5) is 22.1. The lowest BCUT2D eigenvalue weighted by molar-refractivity contribution is 0.235. The van der Waals surface area contributed by atoms with Crippen molar-refractivity contribution in [2.75, 3.05) is 0 Å². The van der Waals surface area contributed by atoms with Gasteiger partial charge in [0.25, 0.3) is 0 Å². The van der Waals surface area contributed by atoms with Crippen molar-refractivity contribution < 1.29 is 9.47 Å². The number of aromatic nitrogens is 2. The minimum atomic E-state index is 0.346. The summed E-state index contributed by atoms with van der Waals surface area (Å²) >= 11 is 9.00. The molecular weight excluding hydrogens is 605 g/mol. The molecule has 7 aromatic rings. The van der Waals surface area contributed by atoms with Crippen LogP contribution in [0.5, 0.6) is 11.5 Å². The highest BCUT2D eigenvalue weighted by Crippen LogP contribution is 2.56. The Morgan fingerprint density at radius 3 is 1.34 bits per heavy atom. The quantitative estimate of drug-likeness (QED) is 0.195. The molecular formula is C32H22N2O2S5. The van der Waals surface area contributed by atoms with Crippen LogP contribution < -0.4 is 9.47 Å². The first-order valence-electron chi connectivity index (χ1n) is 13.1. The number of hydrogen-bond donors (Lipinski definition) is 0. The highest BCUT2D eigenvalue weighted by Gasteiger charge is 2.28. The standard InChI is InChI=1S/C32H22N2O2S5/c1-17-7-9-23(37-17)25-11-13-27(39-25)31-29-30(32(41-31)28-14-12-26(40-28)24-10-8-18(2)38-24)36-16-22-21(15-35-29)33-19-5-3-4-6-20(19)34-22/h3-14H,15-16H2,1-2H3. The molecule has 4 nitrogen and oxygen atoms in total. The molecule has 0 saturated carbocycles. The van der Waals surface area contributed by atoms with Crippen molar-refractivity contribution in [3.8, 4) is 50.5 Å². The summed E-state index contributed by atoms with van der Waals surface area (Å²) < 4.78 is 13.2. The molecule has 0 atom stereocenters. The van der Waals surface area contributed by atoms with E-state index in [0.29, 0.717) is 13.2 Å². The molecule has 9 heteroatoms. The highest BCUT2D eigenvalue weighted by atomic mass is 32.1. The van der Waals surface area contributed by atoms with Gasteiger partial charge in [0.1, 0.15) is 24.6 Å². The van der Waals surface area contributed by atoms with Crippen LogP contribution in [0.3, 0.4) is 0 Å². The van der Waals surface area contributed by atoms with Gasteiger partial charge in [0, 0.05) is 39.0 Å². The van der Waals surface area contributed by atoms with Crippen LogP contribution in [-0.2, 0) is 13.2 Å². The van der Waals surface area contributed by atoms with Crippen LogP contribution in [0, 0.1) is 13.8 Å². The van der Waals surface area contributed by atoms with Gasteiger partial charge in [-0.05, 0) is 74.5 Å². The SMILES string of the molecule is Cc1ccc(-c2ccc(-c3sc(-c4ccc(-c5ccc(C)s5)s4)c4c3OCc3nc5ccccc5nc3CO4)s2)s1. The maximum absolute atomic E-state index is 6.60. The van der Waals surface area contributed by atoms with Crippen LogP contribution in [-0.4, -0.2) is 9.97 Å². The normalized spacial score (nSPS) is 12.8. The fourth-order valence-corrected chi connectivity index (χ4v) is 10.2. The van der Waals surface area contributed by atoms with Crippen molar-refractivity contribution in [1.29, 1.82) is 0 Å². The molecule has 7 heterocycles. The summed E-state index contributed by atoms with van der Waals surface area (Å²) in [6.07, 6.45) is 0.